The van der Waals surface area contributed by atoms with Crippen molar-refractivity contribution in [2.45, 2.75) is 13.2 Å². The standard InChI is InChI=1S/2C11H10O/c12-8-10-6-3-5-9-4-1-2-7-11(9)10;12-8-9-5-6-10-3-1-2-4-11(10)7-9/h2*1-7,12H,8H2. The molecule has 2 N–H and O–H groups in total. The number of aliphatic hydroxyl groups excluding tert-OH is 2. The van der Waals surface area contributed by atoms with E-state index in [-0.39, 0.29) is 13.2 Å². The molecule has 0 aliphatic heterocycles. The van der Waals surface area contributed by atoms with E-state index >= 15 is 0 Å². The summed E-state index contributed by atoms with van der Waals surface area (Å²) in [5.41, 5.74) is 1.96. The lowest BCUT2D eigenvalue weighted by atomic mass is 10.1. The molecular weight excluding hydrogens is 296 g/mol. The van der Waals surface area contributed by atoms with Gasteiger partial charge >= 0.3 is 0 Å². The van der Waals surface area contributed by atoms with Crippen molar-refractivity contribution in [1.82, 2.24) is 0 Å². The molecule has 0 saturated carbocycles. The van der Waals surface area contributed by atoms with Crippen LogP contribution in [0.15, 0.2) is 84.9 Å². The Morgan fingerprint density at radius 2 is 1.21 bits per heavy atom. The highest BCUT2D eigenvalue weighted by Crippen LogP contribution is 2.18. The number of hydrogen-bond acceptors (Lipinski definition) is 2. The normalized spacial score (nSPS) is 10.4. The highest BCUT2D eigenvalue weighted by molar-refractivity contribution is 5.85. The Kier molecular flexibility index (Phi) is 5.22. The molecule has 0 aliphatic carbocycles. The zero-order chi connectivity index (χ0) is 16.8. The van der Waals surface area contributed by atoms with Crippen molar-refractivity contribution < 1.29 is 10.2 Å². The third kappa shape index (κ3) is 3.62. The fourth-order valence-corrected chi connectivity index (χ4v) is 2.77. The molecule has 0 aliphatic rings. The van der Waals surface area contributed by atoms with Crippen LogP contribution in [0.25, 0.3) is 21.5 Å². The fourth-order valence-electron chi connectivity index (χ4n) is 2.77. The highest BCUT2D eigenvalue weighted by Gasteiger charge is 1.96. The SMILES string of the molecule is OCc1ccc2ccccc2c1.OCc1cccc2ccccc12. The monoisotopic (exact) mass is 316 g/mol. The summed E-state index contributed by atoms with van der Waals surface area (Å²) < 4.78 is 0. The van der Waals surface area contributed by atoms with Crippen LogP contribution in [-0.4, -0.2) is 10.2 Å². The van der Waals surface area contributed by atoms with Gasteiger partial charge in [-0.25, -0.2) is 0 Å². The summed E-state index contributed by atoms with van der Waals surface area (Å²) in [7, 11) is 0. The second-order valence-corrected chi connectivity index (χ2v) is 5.64. The molecule has 0 bridgehead atoms. The average molecular weight is 316 g/mol. The molecule has 2 heteroatoms. The molecule has 0 unspecified atom stereocenters. The Balaban J connectivity index is 0.000000141. The van der Waals surface area contributed by atoms with Gasteiger partial charge in [-0.1, -0.05) is 78.9 Å². The lowest BCUT2D eigenvalue weighted by molar-refractivity contribution is 0.282. The maximum absolute atomic E-state index is 9.04. The van der Waals surface area contributed by atoms with E-state index in [4.69, 9.17) is 10.2 Å². The minimum Gasteiger partial charge on any atom is -0.392 e. The first-order valence-electron chi connectivity index (χ1n) is 7.98. The molecule has 2 nitrogen and oxygen atoms in total. The van der Waals surface area contributed by atoms with Crippen LogP contribution in [0, 0.1) is 0 Å². The van der Waals surface area contributed by atoms with Gasteiger partial charge in [0, 0.05) is 0 Å². The molecule has 0 radical (unpaired) electrons. The summed E-state index contributed by atoms with van der Waals surface area (Å²) in [6.07, 6.45) is 0. The minimum absolute atomic E-state index is 0.112. The van der Waals surface area contributed by atoms with Crippen molar-refractivity contribution >= 4 is 21.5 Å². The van der Waals surface area contributed by atoms with Gasteiger partial charge in [-0.2, -0.15) is 0 Å². The van der Waals surface area contributed by atoms with Crippen molar-refractivity contribution in [3.05, 3.63) is 96.1 Å². The van der Waals surface area contributed by atoms with Crippen molar-refractivity contribution in [3.63, 3.8) is 0 Å². The number of benzene rings is 4. The quantitative estimate of drug-likeness (QED) is 0.564. The lowest BCUT2D eigenvalue weighted by Gasteiger charge is -2.01. The summed E-state index contributed by atoms with van der Waals surface area (Å²) in [5.74, 6) is 0. The van der Waals surface area contributed by atoms with Crippen LogP contribution in [-0.2, 0) is 13.2 Å². The van der Waals surface area contributed by atoms with E-state index in [2.05, 4.69) is 24.3 Å². The smallest absolute Gasteiger partial charge is 0.0687 e. The second-order valence-electron chi connectivity index (χ2n) is 5.64. The zero-order valence-electron chi connectivity index (χ0n) is 13.4. The molecule has 0 spiro atoms. The molecule has 0 aromatic heterocycles. The molecule has 0 amide bonds. The Labute approximate surface area is 141 Å². The molecule has 0 heterocycles. The molecule has 4 aromatic carbocycles. The maximum Gasteiger partial charge on any atom is 0.0687 e. The fraction of sp³-hybridized carbons (Fsp3) is 0.0909. The van der Waals surface area contributed by atoms with Crippen LogP contribution in [0.2, 0.25) is 0 Å². The van der Waals surface area contributed by atoms with E-state index in [0.29, 0.717) is 0 Å². The van der Waals surface area contributed by atoms with Gasteiger partial charge in [-0.15, -0.1) is 0 Å². The predicted octanol–water partition coefficient (Wildman–Crippen LogP) is 4.66. The van der Waals surface area contributed by atoms with Crippen LogP contribution >= 0.6 is 0 Å². The summed E-state index contributed by atoms with van der Waals surface area (Å²) in [6.45, 7) is 0.228. The van der Waals surface area contributed by atoms with E-state index in [9.17, 15) is 0 Å². The van der Waals surface area contributed by atoms with Crippen LogP contribution in [0.1, 0.15) is 11.1 Å². The first-order valence-corrected chi connectivity index (χ1v) is 7.98. The minimum atomic E-state index is 0.112. The van der Waals surface area contributed by atoms with Gasteiger partial charge in [0.15, 0.2) is 0 Å². The van der Waals surface area contributed by atoms with Crippen molar-refractivity contribution in [3.8, 4) is 0 Å². The Bertz CT molecular complexity index is 933. The van der Waals surface area contributed by atoms with E-state index in [0.717, 1.165) is 16.5 Å². The topological polar surface area (TPSA) is 40.5 Å². The molecule has 0 saturated heterocycles. The van der Waals surface area contributed by atoms with Crippen molar-refractivity contribution in [2.75, 3.05) is 0 Å². The van der Waals surface area contributed by atoms with E-state index in [1.54, 1.807) is 0 Å². The summed E-state index contributed by atoms with van der Waals surface area (Å²) >= 11 is 0. The first-order chi connectivity index (χ1) is 11.8. The molecule has 0 fully saturated rings. The van der Waals surface area contributed by atoms with E-state index in [1.807, 2.05) is 60.7 Å². The molecule has 4 aromatic rings. The average Bonchev–Trinajstić information content (AvgIpc) is 2.67. The number of rotatable bonds is 2. The number of aliphatic hydroxyl groups is 2. The summed E-state index contributed by atoms with van der Waals surface area (Å²) in [6, 6.07) is 28.2. The van der Waals surface area contributed by atoms with Gasteiger partial charge in [0.25, 0.3) is 0 Å². The molecule has 0 atom stereocenters. The number of fused-ring (bicyclic) bond motifs is 2. The largest absolute Gasteiger partial charge is 0.392 e. The maximum atomic E-state index is 9.04. The molecule has 24 heavy (non-hydrogen) atoms. The summed E-state index contributed by atoms with van der Waals surface area (Å²) in [4.78, 5) is 0. The third-order valence-corrected chi connectivity index (χ3v) is 4.05. The van der Waals surface area contributed by atoms with Gasteiger partial charge in [-0.05, 0) is 38.7 Å². The van der Waals surface area contributed by atoms with Crippen LogP contribution in [0.3, 0.4) is 0 Å². The molecular formula is C22H20O2. The van der Waals surface area contributed by atoms with E-state index < -0.39 is 0 Å². The van der Waals surface area contributed by atoms with Crippen molar-refractivity contribution in [2.24, 2.45) is 0 Å². The van der Waals surface area contributed by atoms with Gasteiger partial charge in [-0.3, -0.25) is 0 Å². The predicted molar refractivity (Wildman–Crippen MR) is 99.7 cm³/mol. The van der Waals surface area contributed by atoms with Crippen LogP contribution in [0.5, 0.6) is 0 Å². The van der Waals surface area contributed by atoms with Gasteiger partial charge in [0.05, 0.1) is 13.2 Å². The molecule has 4 rings (SSSR count). The highest BCUT2D eigenvalue weighted by atomic mass is 16.3. The first kappa shape index (κ1) is 16.2. The molecule has 120 valence electrons. The number of hydrogen-bond donors (Lipinski definition) is 2. The zero-order valence-corrected chi connectivity index (χ0v) is 13.4. The Morgan fingerprint density at radius 1 is 0.542 bits per heavy atom. The summed E-state index contributed by atoms with van der Waals surface area (Å²) in [5, 5.41) is 22.7. The van der Waals surface area contributed by atoms with Crippen LogP contribution < -0.4 is 0 Å². The van der Waals surface area contributed by atoms with Gasteiger partial charge < -0.3 is 10.2 Å². The van der Waals surface area contributed by atoms with Gasteiger partial charge in [0.1, 0.15) is 0 Å². The Morgan fingerprint density at radius 3 is 1.96 bits per heavy atom. The third-order valence-electron chi connectivity index (χ3n) is 4.05. The second kappa shape index (κ2) is 7.73. The van der Waals surface area contributed by atoms with Crippen molar-refractivity contribution in [1.29, 1.82) is 0 Å². The van der Waals surface area contributed by atoms with E-state index in [1.165, 1.54) is 16.2 Å². The van der Waals surface area contributed by atoms with Crippen LogP contribution in [0.4, 0.5) is 0 Å². The lowest BCUT2D eigenvalue weighted by Crippen LogP contribution is -1.84. The van der Waals surface area contributed by atoms with Gasteiger partial charge in [0.2, 0.25) is 0 Å². The Hall–Kier alpha value is -2.68.